The van der Waals surface area contributed by atoms with Gasteiger partial charge in [0.15, 0.2) is 5.82 Å². The molecule has 1 atom stereocenters. The van der Waals surface area contributed by atoms with Gasteiger partial charge in [-0.05, 0) is 13.0 Å². The molecule has 0 radical (unpaired) electrons. The van der Waals surface area contributed by atoms with Crippen molar-refractivity contribution >= 4 is 5.95 Å². The SMILES string of the molecule is C[C@H](Nc1ncc(F)cn1)c1ccc(C(C)(F)F)cc1F. The lowest BCUT2D eigenvalue weighted by atomic mass is 10.0. The highest BCUT2D eigenvalue weighted by atomic mass is 19.3. The lowest BCUT2D eigenvalue weighted by Gasteiger charge is -2.17. The van der Waals surface area contributed by atoms with Crippen molar-refractivity contribution in [2.45, 2.75) is 25.8 Å². The lowest BCUT2D eigenvalue weighted by molar-refractivity contribution is 0.0171. The zero-order valence-corrected chi connectivity index (χ0v) is 11.4. The summed E-state index contributed by atoms with van der Waals surface area (Å²) >= 11 is 0. The van der Waals surface area contributed by atoms with E-state index in [1.165, 1.54) is 12.1 Å². The third kappa shape index (κ3) is 3.68. The van der Waals surface area contributed by atoms with E-state index < -0.39 is 29.2 Å². The number of aromatic nitrogens is 2. The van der Waals surface area contributed by atoms with Gasteiger partial charge in [-0.2, -0.15) is 0 Å². The Balaban J connectivity index is 2.19. The van der Waals surface area contributed by atoms with Crippen LogP contribution in [0.5, 0.6) is 0 Å². The summed E-state index contributed by atoms with van der Waals surface area (Å²) < 4.78 is 52.8. The Morgan fingerprint density at radius 3 is 2.29 bits per heavy atom. The predicted molar refractivity (Wildman–Crippen MR) is 70.0 cm³/mol. The number of nitrogens with one attached hydrogen (secondary N) is 1. The average molecular weight is 299 g/mol. The standard InChI is InChI=1S/C14H13F4N3/c1-8(21-13-19-6-10(15)7-20-13)11-4-3-9(5-12(11)16)14(2,17)18/h3-8H,1-2H3,(H,19,20,21)/t8-/m0/s1. The Kier molecular flexibility index (Phi) is 4.11. The highest BCUT2D eigenvalue weighted by Gasteiger charge is 2.26. The first-order valence-electron chi connectivity index (χ1n) is 6.19. The fourth-order valence-corrected chi connectivity index (χ4v) is 1.81. The molecule has 0 saturated heterocycles. The summed E-state index contributed by atoms with van der Waals surface area (Å²) in [4.78, 5) is 7.38. The van der Waals surface area contributed by atoms with Crippen molar-refractivity contribution < 1.29 is 17.6 Å². The molecule has 2 rings (SSSR count). The van der Waals surface area contributed by atoms with Crippen molar-refractivity contribution in [3.63, 3.8) is 0 Å². The minimum atomic E-state index is -3.10. The zero-order valence-electron chi connectivity index (χ0n) is 11.4. The van der Waals surface area contributed by atoms with Gasteiger partial charge in [-0.3, -0.25) is 0 Å². The van der Waals surface area contributed by atoms with Crippen LogP contribution in [0.1, 0.15) is 31.0 Å². The molecule has 0 saturated carbocycles. The van der Waals surface area contributed by atoms with Gasteiger partial charge in [-0.25, -0.2) is 27.5 Å². The van der Waals surface area contributed by atoms with E-state index in [1.807, 2.05) is 0 Å². The van der Waals surface area contributed by atoms with Crippen molar-refractivity contribution in [3.8, 4) is 0 Å². The normalized spacial score (nSPS) is 13.0. The third-order valence-corrected chi connectivity index (χ3v) is 2.94. The molecule has 1 N–H and O–H groups in total. The van der Waals surface area contributed by atoms with E-state index in [4.69, 9.17) is 0 Å². The summed E-state index contributed by atoms with van der Waals surface area (Å²) in [6.45, 7) is 2.32. The van der Waals surface area contributed by atoms with Crippen LogP contribution in [0.3, 0.4) is 0 Å². The number of nitrogens with zero attached hydrogens (tertiary/aromatic N) is 2. The Morgan fingerprint density at radius 1 is 1.14 bits per heavy atom. The van der Waals surface area contributed by atoms with E-state index in [-0.39, 0.29) is 11.5 Å². The minimum Gasteiger partial charge on any atom is -0.348 e. The van der Waals surface area contributed by atoms with Crippen LogP contribution in [-0.2, 0) is 5.92 Å². The molecular formula is C14H13F4N3. The van der Waals surface area contributed by atoms with Gasteiger partial charge in [0.1, 0.15) is 5.82 Å². The molecule has 112 valence electrons. The van der Waals surface area contributed by atoms with Gasteiger partial charge in [0, 0.05) is 18.1 Å². The van der Waals surface area contributed by atoms with Crippen molar-refractivity contribution in [1.29, 1.82) is 0 Å². The van der Waals surface area contributed by atoms with E-state index in [1.54, 1.807) is 6.92 Å². The van der Waals surface area contributed by atoms with Crippen molar-refractivity contribution in [1.82, 2.24) is 9.97 Å². The van der Waals surface area contributed by atoms with Crippen molar-refractivity contribution in [2.24, 2.45) is 0 Å². The lowest BCUT2D eigenvalue weighted by Crippen LogP contribution is -2.13. The number of hydrogen-bond acceptors (Lipinski definition) is 3. The average Bonchev–Trinajstić information content (AvgIpc) is 2.40. The molecule has 0 amide bonds. The number of hydrogen-bond donors (Lipinski definition) is 1. The first-order valence-corrected chi connectivity index (χ1v) is 6.19. The van der Waals surface area contributed by atoms with Gasteiger partial charge in [-0.1, -0.05) is 12.1 Å². The van der Waals surface area contributed by atoms with Crippen LogP contribution in [0.4, 0.5) is 23.5 Å². The highest BCUT2D eigenvalue weighted by molar-refractivity contribution is 5.34. The molecule has 0 spiro atoms. The molecular weight excluding hydrogens is 286 g/mol. The van der Waals surface area contributed by atoms with Crippen LogP contribution in [0.15, 0.2) is 30.6 Å². The molecule has 1 aromatic carbocycles. The molecule has 0 aliphatic heterocycles. The molecule has 0 unspecified atom stereocenters. The van der Waals surface area contributed by atoms with Crippen LogP contribution in [0.25, 0.3) is 0 Å². The third-order valence-electron chi connectivity index (χ3n) is 2.94. The summed E-state index contributed by atoms with van der Waals surface area (Å²) in [6.07, 6.45) is 1.94. The van der Waals surface area contributed by atoms with Gasteiger partial charge in [0.2, 0.25) is 5.95 Å². The van der Waals surface area contributed by atoms with E-state index in [2.05, 4.69) is 15.3 Å². The monoisotopic (exact) mass is 299 g/mol. The first-order chi connectivity index (χ1) is 9.77. The van der Waals surface area contributed by atoms with E-state index in [9.17, 15) is 17.6 Å². The van der Waals surface area contributed by atoms with Crippen molar-refractivity contribution in [2.75, 3.05) is 5.32 Å². The quantitative estimate of drug-likeness (QED) is 0.866. The maximum atomic E-state index is 13.9. The molecule has 3 nitrogen and oxygen atoms in total. The summed E-state index contributed by atoms with van der Waals surface area (Å²) in [6, 6.07) is 2.69. The van der Waals surface area contributed by atoms with Gasteiger partial charge < -0.3 is 5.32 Å². The highest BCUT2D eigenvalue weighted by Crippen LogP contribution is 2.30. The molecule has 1 heterocycles. The molecule has 1 aromatic heterocycles. The number of benzene rings is 1. The summed E-state index contributed by atoms with van der Waals surface area (Å²) in [5.74, 6) is -4.32. The summed E-state index contributed by atoms with van der Waals surface area (Å²) in [7, 11) is 0. The smallest absolute Gasteiger partial charge is 0.270 e. The Morgan fingerprint density at radius 2 is 1.76 bits per heavy atom. The number of anilines is 1. The van der Waals surface area contributed by atoms with Gasteiger partial charge >= 0.3 is 0 Å². The molecule has 21 heavy (non-hydrogen) atoms. The number of alkyl halides is 2. The second-order valence-corrected chi connectivity index (χ2v) is 4.72. The Hall–Kier alpha value is -2.18. The molecule has 0 fully saturated rings. The number of rotatable bonds is 4. The Labute approximate surface area is 119 Å². The minimum absolute atomic E-state index is 0.119. The fraction of sp³-hybridized carbons (Fsp3) is 0.286. The van der Waals surface area contributed by atoms with Gasteiger partial charge in [0.05, 0.1) is 18.4 Å². The maximum absolute atomic E-state index is 13.9. The van der Waals surface area contributed by atoms with Crippen LogP contribution >= 0.6 is 0 Å². The van der Waals surface area contributed by atoms with Crippen LogP contribution in [-0.4, -0.2) is 9.97 Å². The predicted octanol–water partition coefficient (Wildman–Crippen LogP) is 4.04. The first kappa shape index (κ1) is 15.2. The van der Waals surface area contributed by atoms with E-state index >= 15 is 0 Å². The van der Waals surface area contributed by atoms with Crippen LogP contribution < -0.4 is 5.32 Å². The van der Waals surface area contributed by atoms with Crippen molar-refractivity contribution in [3.05, 3.63) is 53.4 Å². The second kappa shape index (κ2) is 5.67. The fourth-order valence-electron chi connectivity index (χ4n) is 1.81. The van der Waals surface area contributed by atoms with E-state index in [0.717, 1.165) is 18.5 Å². The van der Waals surface area contributed by atoms with E-state index in [0.29, 0.717) is 6.92 Å². The molecule has 0 bridgehead atoms. The van der Waals surface area contributed by atoms with Crippen LogP contribution in [0.2, 0.25) is 0 Å². The van der Waals surface area contributed by atoms with Gasteiger partial charge in [0.25, 0.3) is 5.92 Å². The molecule has 2 aromatic rings. The topological polar surface area (TPSA) is 37.8 Å². The van der Waals surface area contributed by atoms with Crippen LogP contribution in [0, 0.1) is 11.6 Å². The molecule has 0 aliphatic rings. The maximum Gasteiger partial charge on any atom is 0.270 e. The largest absolute Gasteiger partial charge is 0.348 e. The molecule has 7 heteroatoms. The second-order valence-electron chi connectivity index (χ2n) is 4.72. The Bertz CT molecular complexity index is 623. The number of halogens is 4. The summed E-state index contributed by atoms with van der Waals surface area (Å²) in [5, 5.41) is 2.77. The zero-order chi connectivity index (χ0) is 15.6. The summed E-state index contributed by atoms with van der Waals surface area (Å²) in [5.41, 5.74) is -0.204. The molecule has 0 aliphatic carbocycles. The van der Waals surface area contributed by atoms with Gasteiger partial charge in [-0.15, -0.1) is 0 Å².